The number of methoxy groups -OCH3 is 2. The van der Waals surface area contributed by atoms with Crippen molar-refractivity contribution in [2.45, 2.75) is 26.2 Å². The number of hydrogen-bond donors (Lipinski definition) is 0. The molecule has 0 radical (unpaired) electrons. The summed E-state index contributed by atoms with van der Waals surface area (Å²) in [4.78, 5) is 34.8. The second-order valence-electron chi connectivity index (χ2n) is 4.31. The van der Waals surface area contributed by atoms with Gasteiger partial charge in [0.2, 0.25) is 0 Å². The zero-order valence-corrected chi connectivity index (χ0v) is 10.4. The number of esters is 2. The number of carbonyl (C=O) groups excluding carboxylic acids is 3. The van der Waals surface area contributed by atoms with E-state index in [1.807, 2.05) is 6.92 Å². The molecule has 0 N–H and O–H groups in total. The third kappa shape index (κ3) is 1.94. The molecule has 1 fully saturated rings. The summed E-state index contributed by atoms with van der Waals surface area (Å²) in [5.41, 5.74) is -1.30. The van der Waals surface area contributed by atoms with Crippen LogP contribution in [0, 0.1) is 17.3 Å². The summed E-state index contributed by atoms with van der Waals surface area (Å²) in [7, 11) is 2.49. The van der Waals surface area contributed by atoms with E-state index in [0.717, 1.165) is 6.29 Å². The Labute approximate surface area is 100 Å². The number of carbonyl (C=O) groups is 3. The number of ether oxygens (including phenoxy) is 2. The average Bonchev–Trinajstić information content (AvgIpc) is 2.75. The molecule has 2 atom stereocenters. The van der Waals surface area contributed by atoms with Gasteiger partial charge in [-0.25, -0.2) is 0 Å². The maximum absolute atomic E-state index is 11.9. The smallest absolute Gasteiger partial charge is 0.323 e. The molecule has 0 aromatic heterocycles. The van der Waals surface area contributed by atoms with E-state index >= 15 is 0 Å². The molecule has 1 saturated carbocycles. The fourth-order valence-corrected chi connectivity index (χ4v) is 2.91. The molecule has 5 heteroatoms. The summed E-state index contributed by atoms with van der Waals surface area (Å²) in [6.45, 7) is 1.85. The van der Waals surface area contributed by atoms with E-state index in [0.29, 0.717) is 19.3 Å². The SMILES string of the molecule is CC[C@@H]1[C@@H](C=O)CCC1(C(=O)OC)C(=O)OC. The highest BCUT2D eigenvalue weighted by Gasteiger charge is 2.59. The highest BCUT2D eigenvalue weighted by molar-refractivity contribution is 6.01. The monoisotopic (exact) mass is 242 g/mol. The largest absolute Gasteiger partial charge is 0.468 e. The van der Waals surface area contributed by atoms with E-state index in [1.54, 1.807) is 0 Å². The van der Waals surface area contributed by atoms with E-state index in [2.05, 4.69) is 0 Å². The molecule has 1 rings (SSSR count). The van der Waals surface area contributed by atoms with Crippen molar-refractivity contribution in [3.8, 4) is 0 Å². The normalized spacial score (nSPS) is 26.3. The highest BCUT2D eigenvalue weighted by Crippen LogP contribution is 2.49. The fraction of sp³-hybridized carbons (Fsp3) is 0.750. The van der Waals surface area contributed by atoms with Crippen molar-refractivity contribution in [3.63, 3.8) is 0 Å². The molecule has 0 aliphatic heterocycles. The Balaban J connectivity index is 3.19. The molecule has 96 valence electrons. The summed E-state index contributed by atoms with van der Waals surface area (Å²) in [5, 5.41) is 0. The van der Waals surface area contributed by atoms with E-state index in [-0.39, 0.29) is 11.8 Å². The van der Waals surface area contributed by atoms with Crippen molar-refractivity contribution >= 4 is 18.2 Å². The molecular weight excluding hydrogens is 224 g/mol. The molecule has 17 heavy (non-hydrogen) atoms. The Hall–Kier alpha value is -1.39. The zero-order valence-electron chi connectivity index (χ0n) is 10.4. The van der Waals surface area contributed by atoms with Crippen molar-refractivity contribution in [2.75, 3.05) is 14.2 Å². The molecule has 0 bridgehead atoms. The predicted octanol–water partition coefficient (Wildman–Crippen LogP) is 0.954. The van der Waals surface area contributed by atoms with Gasteiger partial charge in [0.25, 0.3) is 0 Å². The standard InChI is InChI=1S/C12H18O5/c1-4-9-8(7-13)5-6-12(9,10(14)16-2)11(15)17-3/h7-9H,4-6H2,1-3H3/t8-,9-/m1/s1. The van der Waals surface area contributed by atoms with Gasteiger partial charge < -0.3 is 14.3 Å². The Bertz CT molecular complexity index is 307. The third-order valence-corrected chi connectivity index (χ3v) is 3.74. The van der Waals surface area contributed by atoms with Gasteiger partial charge in [0.05, 0.1) is 14.2 Å². The first-order valence-corrected chi connectivity index (χ1v) is 5.70. The second-order valence-corrected chi connectivity index (χ2v) is 4.31. The van der Waals surface area contributed by atoms with Crippen LogP contribution in [0.3, 0.4) is 0 Å². The van der Waals surface area contributed by atoms with Crippen LogP contribution >= 0.6 is 0 Å². The maximum Gasteiger partial charge on any atom is 0.323 e. The maximum atomic E-state index is 11.9. The summed E-state index contributed by atoms with van der Waals surface area (Å²) in [5.74, 6) is -1.81. The van der Waals surface area contributed by atoms with Crippen molar-refractivity contribution < 1.29 is 23.9 Å². The average molecular weight is 242 g/mol. The van der Waals surface area contributed by atoms with Gasteiger partial charge in [-0.2, -0.15) is 0 Å². The van der Waals surface area contributed by atoms with Crippen molar-refractivity contribution in [1.82, 2.24) is 0 Å². The van der Waals surface area contributed by atoms with Crippen LogP contribution in [0.25, 0.3) is 0 Å². The van der Waals surface area contributed by atoms with Gasteiger partial charge in [0.15, 0.2) is 5.41 Å². The Morgan fingerprint density at radius 3 is 2.18 bits per heavy atom. The molecule has 5 nitrogen and oxygen atoms in total. The second kappa shape index (κ2) is 5.29. The van der Waals surface area contributed by atoms with E-state index < -0.39 is 17.4 Å². The zero-order chi connectivity index (χ0) is 13.1. The van der Waals surface area contributed by atoms with Gasteiger partial charge in [-0.3, -0.25) is 9.59 Å². The van der Waals surface area contributed by atoms with E-state index in [1.165, 1.54) is 14.2 Å². The number of hydrogen-bond acceptors (Lipinski definition) is 5. The third-order valence-electron chi connectivity index (χ3n) is 3.74. The van der Waals surface area contributed by atoms with E-state index in [9.17, 15) is 14.4 Å². The molecule has 0 aromatic carbocycles. The van der Waals surface area contributed by atoms with Crippen molar-refractivity contribution in [2.24, 2.45) is 17.3 Å². The number of aldehydes is 1. The van der Waals surface area contributed by atoms with Crippen LogP contribution in [0.5, 0.6) is 0 Å². The Morgan fingerprint density at radius 1 is 1.29 bits per heavy atom. The molecule has 1 aliphatic carbocycles. The highest BCUT2D eigenvalue weighted by atomic mass is 16.5. The molecule has 0 aromatic rings. The fourth-order valence-electron chi connectivity index (χ4n) is 2.91. The topological polar surface area (TPSA) is 69.7 Å². The quantitative estimate of drug-likeness (QED) is 0.417. The molecule has 0 saturated heterocycles. The van der Waals surface area contributed by atoms with Crippen LogP contribution in [-0.2, 0) is 23.9 Å². The van der Waals surface area contributed by atoms with Crippen LogP contribution in [0.2, 0.25) is 0 Å². The minimum Gasteiger partial charge on any atom is -0.468 e. The summed E-state index contributed by atoms with van der Waals surface area (Å²) < 4.78 is 9.46. The predicted molar refractivity (Wildman–Crippen MR) is 59.0 cm³/mol. The lowest BCUT2D eigenvalue weighted by atomic mass is 9.74. The first-order valence-electron chi connectivity index (χ1n) is 5.70. The van der Waals surface area contributed by atoms with Crippen LogP contribution in [0.1, 0.15) is 26.2 Å². The lowest BCUT2D eigenvalue weighted by Gasteiger charge is -2.30. The molecule has 0 amide bonds. The minimum atomic E-state index is -1.30. The van der Waals surface area contributed by atoms with Crippen LogP contribution in [0.15, 0.2) is 0 Å². The molecule has 1 aliphatic rings. The molecule has 0 spiro atoms. The molecule has 0 heterocycles. The Kier molecular flexibility index (Phi) is 4.26. The summed E-state index contributed by atoms with van der Waals surface area (Å²) in [6.07, 6.45) is 2.22. The van der Waals surface area contributed by atoms with Gasteiger partial charge in [0.1, 0.15) is 6.29 Å². The van der Waals surface area contributed by atoms with Gasteiger partial charge >= 0.3 is 11.9 Å². The van der Waals surface area contributed by atoms with Gasteiger partial charge in [-0.05, 0) is 18.8 Å². The molecular formula is C12H18O5. The van der Waals surface area contributed by atoms with Gasteiger partial charge in [-0.1, -0.05) is 13.3 Å². The van der Waals surface area contributed by atoms with Gasteiger partial charge in [0, 0.05) is 5.92 Å². The van der Waals surface area contributed by atoms with Crippen LogP contribution in [0.4, 0.5) is 0 Å². The lowest BCUT2D eigenvalue weighted by molar-refractivity contribution is -0.172. The summed E-state index contributed by atoms with van der Waals surface area (Å²) in [6, 6.07) is 0. The Morgan fingerprint density at radius 2 is 1.82 bits per heavy atom. The molecule has 0 unspecified atom stereocenters. The van der Waals surface area contributed by atoms with Crippen LogP contribution < -0.4 is 0 Å². The number of rotatable bonds is 4. The van der Waals surface area contributed by atoms with Crippen molar-refractivity contribution in [1.29, 1.82) is 0 Å². The summed E-state index contributed by atoms with van der Waals surface area (Å²) >= 11 is 0. The van der Waals surface area contributed by atoms with Crippen LogP contribution in [-0.4, -0.2) is 32.4 Å². The lowest BCUT2D eigenvalue weighted by Crippen LogP contribution is -2.45. The van der Waals surface area contributed by atoms with Crippen molar-refractivity contribution in [3.05, 3.63) is 0 Å². The first-order chi connectivity index (χ1) is 8.08. The van der Waals surface area contributed by atoms with E-state index in [4.69, 9.17) is 9.47 Å². The first kappa shape index (κ1) is 13.7. The van der Waals surface area contributed by atoms with Gasteiger partial charge in [-0.15, -0.1) is 0 Å². The minimum absolute atomic E-state index is 0.279.